The lowest BCUT2D eigenvalue weighted by atomic mass is 10.5. The largest absolute Gasteiger partial charge is 0.420 e. The molecular weight excluding hydrogens is 344 g/mol. The van der Waals surface area contributed by atoms with E-state index in [0.29, 0.717) is 66.1 Å². The molecule has 0 saturated carbocycles. The summed E-state index contributed by atoms with van der Waals surface area (Å²) in [6.45, 7) is 11.1. The normalized spacial score (nSPS) is 12.0. The molecule has 0 spiro atoms. The first kappa shape index (κ1) is 24.9. The molecule has 0 atom stereocenters. The van der Waals surface area contributed by atoms with Gasteiger partial charge in [-0.25, -0.2) is 0 Å². The Bertz CT molecular complexity index is 267. The molecule has 0 fully saturated rings. The fourth-order valence-corrected chi connectivity index (χ4v) is 3.03. The summed E-state index contributed by atoms with van der Waals surface area (Å²) in [6.07, 6.45) is 1.05. The van der Waals surface area contributed by atoms with Gasteiger partial charge in [0.05, 0.1) is 66.1 Å². The summed E-state index contributed by atoms with van der Waals surface area (Å²) in [5, 5.41) is 0. The highest BCUT2D eigenvalue weighted by Crippen LogP contribution is 2.11. The predicted octanol–water partition coefficient (Wildman–Crippen LogP) is 1.96. The molecule has 0 aromatic carbocycles. The minimum atomic E-state index is -1.44. The third kappa shape index (κ3) is 20.1. The zero-order valence-electron chi connectivity index (χ0n) is 16.6. The second-order valence-electron chi connectivity index (χ2n) is 6.12. The zero-order valence-corrected chi connectivity index (χ0v) is 17.6. The van der Waals surface area contributed by atoms with Crippen molar-refractivity contribution in [1.82, 2.24) is 0 Å². The van der Waals surface area contributed by atoms with E-state index < -0.39 is 8.32 Å². The molecule has 0 saturated heterocycles. The molecule has 8 heteroatoms. The van der Waals surface area contributed by atoms with Gasteiger partial charge in [-0.3, -0.25) is 0 Å². The third-order valence-electron chi connectivity index (χ3n) is 3.54. The van der Waals surface area contributed by atoms with Crippen molar-refractivity contribution >= 4 is 8.32 Å². The standard InChI is InChI=1S/C17H38O7Si/c1-18-7-8-21-11-12-23-15-16-24-14-13-22-10-9-20-6-5-17-25(3,4)19-2/h5-17H2,1-4H3. The van der Waals surface area contributed by atoms with Crippen molar-refractivity contribution in [3.05, 3.63) is 0 Å². The summed E-state index contributed by atoms with van der Waals surface area (Å²) in [4.78, 5) is 0. The highest BCUT2D eigenvalue weighted by atomic mass is 28.4. The Labute approximate surface area is 154 Å². The molecule has 0 aromatic heterocycles. The number of hydrogen-bond acceptors (Lipinski definition) is 7. The van der Waals surface area contributed by atoms with Crippen LogP contribution in [0, 0.1) is 0 Å². The van der Waals surface area contributed by atoms with Crippen LogP contribution in [0.2, 0.25) is 19.1 Å². The number of rotatable bonds is 20. The molecule has 0 N–H and O–H groups in total. The van der Waals surface area contributed by atoms with Crippen LogP contribution in [0.15, 0.2) is 0 Å². The van der Waals surface area contributed by atoms with E-state index in [1.54, 1.807) is 14.2 Å². The van der Waals surface area contributed by atoms with Gasteiger partial charge in [-0.05, 0) is 25.6 Å². The van der Waals surface area contributed by atoms with Crippen LogP contribution in [0.3, 0.4) is 0 Å². The first-order valence-electron chi connectivity index (χ1n) is 9.05. The van der Waals surface area contributed by atoms with Gasteiger partial charge in [0, 0.05) is 20.8 Å². The van der Waals surface area contributed by atoms with E-state index >= 15 is 0 Å². The van der Waals surface area contributed by atoms with Crippen molar-refractivity contribution in [2.45, 2.75) is 25.6 Å². The molecule has 0 aliphatic carbocycles. The molecule has 0 rings (SSSR count). The number of methoxy groups -OCH3 is 1. The average Bonchev–Trinajstić information content (AvgIpc) is 2.60. The molecule has 0 amide bonds. The Morgan fingerprint density at radius 1 is 0.520 bits per heavy atom. The molecule has 7 nitrogen and oxygen atoms in total. The molecule has 0 aliphatic rings. The molecule has 25 heavy (non-hydrogen) atoms. The van der Waals surface area contributed by atoms with Gasteiger partial charge in [-0.1, -0.05) is 0 Å². The maximum absolute atomic E-state index is 5.54. The van der Waals surface area contributed by atoms with Crippen LogP contribution in [-0.2, 0) is 32.8 Å². The van der Waals surface area contributed by atoms with Crippen LogP contribution in [0.25, 0.3) is 0 Å². The quantitative estimate of drug-likeness (QED) is 0.236. The van der Waals surface area contributed by atoms with Gasteiger partial charge in [0.1, 0.15) is 0 Å². The van der Waals surface area contributed by atoms with Crippen LogP contribution in [0.1, 0.15) is 6.42 Å². The molecule has 0 aliphatic heterocycles. The minimum absolute atomic E-state index is 0.567. The summed E-state index contributed by atoms with van der Waals surface area (Å²) >= 11 is 0. The molecule has 0 heterocycles. The van der Waals surface area contributed by atoms with Crippen LogP contribution in [0.4, 0.5) is 0 Å². The molecule has 0 unspecified atom stereocenters. The van der Waals surface area contributed by atoms with E-state index in [2.05, 4.69) is 13.1 Å². The van der Waals surface area contributed by atoms with Crippen molar-refractivity contribution in [2.75, 3.05) is 86.9 Å². The maximum atomic E-state index is 5.54. The van der Waals surface area contributed by atoms with Gasteiger partial charge in [0.25, 0.3) is 0 Å². The average molecular weight is 383 g/mol. The van der Waals surface area contributed by atoms with E-state index in [4.69, 9.17) is 32.8 Å². The van der Waals surface area contributed by atoms with Crippen molar-refractivity contribution in [3.8, 4) is 0 Å². The lowest BCUT2D eigenvalue weighted by molar-refractivity contribution is -0.0146. The molecule has 0 radical (unpaired) electrons. The fourth-order valence-electron chi connectivity index (χ4n) is 1.83. The fraction of sp³-hybridized carbons (Fsp3) is 1.00. The number of ether oxygens (including phenoxy) is 6. The van der Waals surface area contributed by atoms with Crippen LogP contribution in [0.5, 0.6) is 0 Å². The van der Waals surface area contributed by atoms with E-state index in [0.717, 1.165) is 19.1 Å². The van der Waals surface area contributed by atoms with Crippen molar-refractivity contribution in [3.63, 3.8) is 0 Å². The zero-order chi connectivity index (χ0) is 18.6. The van der Waals surface area contributed by atoms with Crippen molar-refractivity contribution in [1.29, 1.82) is 0 Å². The third-order valence-corrected chi connectivity index (χ3v) is 6.20. The SMILES string of the molecule is COCCOCCOCCOCCOCCOCCC[Si](C)(C)OC. The van der Waals surface area contributed by atoms with Gasteiger partial charge in [-0.2, -0.15) is 0 Å². The monoisotopic (exact) mass is 382 g/mol. The smallest absolute Gasteiger partial charge is 0.186 e. The van der Waals surface area contributed by atoms with Crippen LogP contribution >= 0.6 is 0 Å². The van der Waals surface area contributed by atoms with Crippen molar-refractivity contribution in [2.24, 2.45) is 0 Å². The van der Waals surface area contributed by atoms with Gasteiger partial charge in [0.15, 0.2) is 8.32 Å². The van der Waals surface area contributed by atoms with Gasteiger partial charge in [-0.15, -0.1) is 0 Å². The van der Waals surface area contributed by atoms with E-state index in [-0.39, 0.29) is 0 Å². The minimum Gasteiger partial charge on any atom is -0.420 e. The second-order valence-corrected chi connectivity index (χ2v) is 10.5. The molecule has 0 bridgehead atoms. The lowest BCUT2D eigenvalue weighted by Crippen LogP contribution is -2.28. The lowest BCUT2D eigenvalue weighted by Gasteiger charge is -2.19. The summed E-state index contributed by atoms with van der Waals surface area (Å²) in [5.41, 5.74) is 0. The Kier molecular flexibility index (Phi) is 18.7. The van der Waals surface area contributed by atoms with Crippen LogP contribution in [-0.4, -0.2) is 95.2 Å². The Morgan fingerprint density at radius 3 is 1.24 bits per heavy atom. The Hall–Kier alpha value is -0.0631. The molecular formula is C17H38O7Si. The molecule has 152 valence electrons. The van der Waals surface area contributed by atoms with Gasteiger partial charge < -0.3 is 32.8 Å². The Balaban J connectivity index is 3.05. The van der Waals surface area contributed by atoms with Crippen molar-refractivity contribution < 1.29 is 32.8 Å². The Morgan fingerprint density at radius 2 is 0.880 bits per heavy atom. The maximum Gasteiger partial charge on any atom is 0.186 e. The summed E-state index contributed by atoms with van der Waals surface area (Å²) in [6, 6.07) is 1.12. The summed E-state index contributed by atoms with van der Waals surface area (Å²) in [7, 11) is 2.01. The molecule has 0 aromatic rings. The highest BCUT2D eigenvalue weighted by Gasteiger charge is 2.19. The summed E-state index contributed by atoms with van der Waals surface area (Å²) in [5.74, 6) is 0. The second kappa shape index (κ2) is 18.7. The topological polar surface area (TPSA) is 64.6 Å². The van der Waals surface area contributed by atoms with E-state index in [1.165, 1.54) is 0 Å². The first-order valence-corrected chi connectivity index (χ1v) is 12.2. The van der Waals surface area contributed by atoms with Gasteiger partial charge in [0.2, 0.25) is 0 Å². The van der Waals surface area contributed by atoms with Crippen LogP contribution < -0.4 is 0 Å². The van der Waals surface area contributed by atoms with E-state index in [9.17, 15) is 0 Å². The van der Waals surface area contributed by atoms with Gasteiger partial charge >= 0.3 is 0 Å². The predicted molar refractivity (Wildman–Crippen MR) is 99.9 cm³/mol. The first-order chi connectivity index (χ1) is 12.1. The highest BCUT2D eigenvalue weighted by molar-refractivity contribution is 6.71. The summed E-state index contributed by atoms with van der Waals surface area (Å²) < 4.78 is 37.4. The number of hydrogen-bond donors (Lipinski definition) is 0. The van der Waals surface area contributed by atoms with E-state index in [1.807, 2.05) is 0 Å².